The minimum Gasteiger partial charge on any atom is -0.381 e. The molecule has 3 nitrogen and oxygen atoms in total. The number of nitrogens with one attached hydrogen (secondary N) is 1. The second-order valence-corrected chi connectivity index (χ2v) is 7.83. The molecule has 1 N–H and O–H groups in total. The Balaban J connectivity index is 1.35. The SMILES string of the molecule is C1CCC2(C1)CCC(CC1(CNC3CC3)CCOC1)O2. The van der Waals surface area contributed by atoms with Crippen molar-refractivity contribution in [3.05, 3.63) is 0 Å². The molecule has 2 heterocycles. The highest BCUT2D eigenvalue weighted by Gasteiger charge is 2.46. The van der Waals surface area contributed by atoms with Crippen molar-refractivity contribution in [2.24, 2.45) is 5.41 Å². The number of hydrogen-bond donors (Lipinski definition) is 1. The summed E-state index contributed by atoms with van der Waals surface area (Å²) in [4.78, 5) is 0. The van der Waals surface area contributed by atoms with Gasteiger partial charge in [0.15, 0.2) is 0 Å². The van der Waals surface area contributed by atoms with E-state index >= 15 is 0 Å². The van der Waals surface area contributed by atoms with E-state index in [-0.39, 0.29) is 5.60 Å². The molecule has 3 heteroatoms. The van der Waals surface area contributed by atoms with Crippen molar-refractivity contribution in [3.8, 4) is 0 Å². The van der Waals surface area contributed by atoms with Crippen LogP contribution in [-0.4, -0.2) is 37.5 Å². The van der Waals surface area contributed by atoms with E-state index in [1.54, 1.807) is 0 Å². The molecule has 0 radical (unpaired) electrons. The first-order chi connectivity index (χ1) is 9.78. The van der Waals surface area contributed by atoms with Gasteiger partial charge in [0.25, 0.3) is 0 Å². The van der Waals surface area contributed by atoms with Gasteiger partial charge >= 0.3 is 0 Å². The summed E-state index contributed by atoms with van der Waals surface area (Å²) >= 11 is 0. The highest BCUT2D eigenvalue weighted by molar-refractivity contribution is 4.97. The number of hydrogen-bond acceptors (Lipinski definition) is 3. The van der Waals surface area contributed by atoms with Crippen LogP contribution >= 0.6 is 0 Å². The lowest BCUT2D eigenvalue weighted by Crippen LogP contribution is -2.39. The predicted molar refractivity (Wildman–Crippen MR) is 78.8 cm³/mol. The molecular formula is C17H29NO2. The quantitative estimate of drug-likeness (QED) is 0.839. The first-order valence-electron chi connectivity index (χ1n) is 8.77. The number of rotatable bonds is 5. The van der Waals surface area contributed by atoms with Gasteiger partial charge in [-0.05, 0) is 51.4 Å². The summed E-state index contributed by atoms with van der Waals surface area (Å²) in [5.41, 5.74) is 0.645. The summed E-state index contributed by atoms with van der Waals surface area (Å²) in [6, 6.07) is 0.804. The smallest absolute Gasteiger partial charge is 0.0687 e. The van der Waals surface area contributed by atoms with Gasteiger partial charge in [-0.15, -0.1) is 0 Å². The molecule has 0 aromatic heterocycles. The largest absolute Gasteiger partial charge is 0.381 e. The lowest BCUT2D eigenvalue weighted by atomic mass is 9.80. The molecule has 20 heavy (non-hydrogen) atoms. The Morgan fingerprint density at radius 3 is 2.55 bits per heavy atom. The minimum atomic E-state index is 0.287. The van der Waals surface area contributed by atoms with Crippen molar-refractivity contribution >= 4 is 0 Å². The zero-order valence-electron chi connectivity index (χ0n) is 12.7. The first-order valence-corrected chi connectivity index (χ1v) is 8.77. The molecule has 2 unspecified atom stereocenters. The second kappa shape index (κ2) is 5.26. The third kappa shape index (κ3) is 2.77. The van der Waals surface area contributed by atoms with Gasteiger partial charge in [0.2, 0.25) is 0 Å². The summed E-state index contributed by atoms with van der Waals surface area (Å²) in [5.74, 6) is 0. The highest BCUT2D eigenvalue weighted by atomic mass is 16.5. The topological polar surface area (TPSA) is 30.5 Å². The van der Waals surface area contributed by atoms with Crippen LogP contribution in [0.25, 0.3) is 0 Å². The molecule has 1 spiro atoms. The predicted octanol–water partition coefficient (Wildman–Crippen LogP) is 3.03. The molecule has 0 aromatic rings. The van der Waals surface area contributed by atoms with E-state index in [1.807, 2.05) is 0 Å². The van der Waals surface area contributed by atoms with Crippen LogP contribution < -0.4 is 5.32 Å². The summed E-state index contributed by atoms with van der Waals surface area (Å²) in [7, 11) is 0. The fourth-order valence-electron chi connectivity index (χ4n) is 4.58. The Labute approximate surface area is 122 Å². The normalized spacial score (nSPS) is 39.9. The molecule has 4 rings (SSSR count). The van der Waals surface area contributed by atoms with Gasteiger partial charge in [0.05, 0.1) is 18.3 Å². The molecular weight excluding hydrogens is 250 g/mol. The monoisotopic (exact) mass is 279 g/mol. The van der Waals surface area contributed by atoms with Crippen LogP contribution in [0.2, 0.25) is 0 Å². The summed E-state index contributed by atoms with van der Waals surface area (Å²) in [6.45, 7) is 3.04. The van der Waals surface area contributed by atoms with Gasteiger partial charge in [0.1, 0.15) is 0 Å². The maximum Gasteiger partial charge on any atom is 0.0687 e. The van der Waals surface area contributed by atoms with Crippen LogP contribution in [0.3, 0.4) is 0 Å². The van der Waals surface area contributed by atoms with Crippen LogP contribution in [0, 0.1) is 5.41 Å². The maximum atomic E-state index is 6.54. The summed E-state index contributed by atoms with van der Waals surface area (Å²) in [5, 5.41) is 3.74. The van der Waals surface area contributed by atoms with Crippen LogP contribution in [0.1, 0.15) is 64.2 Å². The fraction of sp³-hybridized carbons (Fsp3) is 1.00. The van der Waals surface area contributed by atoms with Crippen molar-refractivity contribution in [1.29, 1.82) is 0 Å². The average Bonchev–Trinajstić information content (AvgIpc) is 2.87. The minimum absolute atomic E-state index is 0.287. The standard InChI is InChI=1S/C17H29NO2/c1-2-7-17(6-1)8-5-15(20-17)11-16(9-10-19-13-16)12-18-14-3-4-14/h14-15,18H,1-13H2. The van der Waals surface area contributed by atoms with Crippen LogP contribution in [0.5, 0.6) is 0 Å². The Bertz CT molecular complexity index is 341. The highest BCUT2D eigenvalue weighted by Crippen LogP contribution is 2.47. The zero-order valence-corrected chi connectivity index (χ0v) is 12.7. The lowest BCUT2D eigenvalue weighted by molar-refractivity contribution is -0.0542. The van der Waals surface area contributed by atoms with Crippen LogP contribution in [0.4, 0.5) is 0 Å². The van der Waals surface area contributed by atoms with E-state index in [0.29, 0.717) is 11.5 Å². The van der Waals surface area contributed by atoms with E-state index in [1.165, 1.54) is 64.2 Å². The van der Waals surface area contributed by atoms with Crippen molar-refractivity contribution < 1.29 is 9.47 Å². The molecule has 2 aliphatic heterocycles. The molecule has 4 fully saturated rings. The second-order valence-electron chi connectivity index (χ2n) is 7.83. The zero-order chi connectivity index (χ0) is 13.5. The Morgan fingerprint density at radius 1 is 1.00 bits per heavy atom. The van der Waals surface area contributed by atoms with Crippen molar-refractivity contribution in [3.63, 3.8) is 0 Å². The van der Waals surface area contributed by atoms with E-state index in [2.05, 4.69) is 5.32 Å². The molecule has 0 amide bonds. The van der Waals surface area contributed by atoms with Gasteiger partial charge in [-0.2, -0.15) is 0 Å². The van der Waals surface area contributed by atoms with Gasteiger partial charge in [-0.3, -0.25) is 0 Å². The van der Waals surface area contributed by atoms with Gasteiger partial charge < -0.3 is 14.8 Å². The molecule has 2 atom stereocenters. The first kappa shape index (κ1) is 13.5. The maximum absolute atomic E-state index is 6.54. The van der Waals surface area contributed by atoms with E-state index in [9.17, 15) is 0 Å². The lowest BCUT2D eigenvalue weighted by Gasteiger charge is -2.32. The van der Waals surface area contributed by atoms with Crippen molar-refractivity contribution in [2.45, 2.75) is 82.0 Å². The van der Waals surface area contributed by atoms with Crippen molar-refractivity contribution in [2.75, 3.05) is 19.8 Å². The van der Waals surface area contributed by atoms with E-state index in [0.717, 1.165) is 25.8 Å². The number of ether oxygens (including phenoxy) is 2. The molecule has 2 saturated heterocycles. The Kier molecular flexibility index (Phi) is 3.56. The summed E-state index contributed by atoms with van der Waals surface area (Å²) < 4.78 is 12.3. The van der Waals surface area contributed by atoms with Gasteiger partial charge in [-0.25, -0.2) is 0 Å². The van der Waals surface area contributed by atoms with Gasteiger partial charge in [0, 0.05) is 24.6 Å². The van der Waals surface area contributed by atoms with Gasteiger partial charge in [-0.1, -0.05) is 12.8 Å². The Hall–Kier alpha value is -0.120. The molecule has 4 aliphatic rings. The molecule has 0 aromatic carbocycles. The van der Waals surface area contributed by atoms with E-state index in [4.69, 9.17) is 9.47 Å². The third-order valence-electron chi connectivity index (χ3n) is 6.04. The van der Waals surface area contributed by atoms with Crippen LogP contribution in [0.15, 0.2) is 0 Å². The third-order valence-corrected chi connectivity index (χ3v) is 6.04. The Morgan fingerprint density at radius 2 is 1.85 bits per heavy atom. The molecule has 114 valence electrons. The van der Waals surface area contributed by atoms with Crippen LogP contribution in [-0.2, 0) is 9.47 Å². The average molecular weight is 279 g/mol. The van der Waals surface area contributed by atoms with E-state index < -0.39 is 0 Å². The molecule has 0 bridgehead atoms. The summed E-state index contributed by atoms with van der Waals surface area (Å²) in [6.07, 6.45) is 13.7. The molecule has 2 saturated carbocycles. The fourth-order valence-corrected chi connectivity index (χ4v) is 4.58. The van der Waals surface area contributed by atoms with Crippen molar-refractivity contribution in [1.82, 2.24) is 5.32 Å². The molecule has 2 aliphatic carbocycles.